The van der Waals surface area contributed by atoms with Crippen LogP contribution in [0.4, 0.5) is 5.82 Å². The first-order chi connectivity index (χ1) is 9.82. The smallest absolute Gasteiger partial charge is 0.142 e. The lowest BCUT2D eigenvalue weighted by molar-refractivity contribution is 0.121. The normalized spacial score (nSPS) is 29.4. The molecule has 4 rings (SSSR count). The van der Waals surface area contributed by atoms with Crippen molar-refractivity contribution in [2.75, 3.05) is 24.5 Å². The Morgan fingerprint density at radius 2 is 2.40 bits per heavy atom. The van der Waals surface area contributed by atoms with E-state index in [2.05, 4.69) is 31.1 Å². The Bertz CT molecular complexity index is 685. The molecule has 0 unspecified atom stereocenters. The van der Waals surface area contributed by atoms with E-state index in [9.17, 15) is 0 Å². The van der Waals surface area contributed by atoms with E-state index in [0.717, 1.165) is 49.3 Å². The molecule has 0 radical (unpaired) electrons. The Morgan fingerprint density at radius 3 is 3.20 bits per heavy atom. The van der Waals surface area contributed by atoms with Crippen LogP contribution in [0.2, 0.25) is 0 Å². The molecule has 5 heteroatoms. The molecule has 2 fully saturated rings. The van der Waals surface area contributed by atoms with Crippen LogP contribution in [0, 0.1) is 18.3 Å². The van der Waals surface area contributed by atoms with E-state index in [1.165, 1.54) is 0 Å². The third-order valence-corrected chi connectivity index (χ3v) is 4.68. The highest BCUT2D eigenvalue weighted by Gasteiger charge is 2.48. The second kappa shape index (κ2) is 4.22. The summed E-state index contributed by atoms with van der Waals surface area (Å²) in [5.74, 6) is 4.29. The summed E-state index contributed by atoms with van der Waals surface area (Å²) < 4.78 is 0. The van der Waals surface area contributed by atoms with Crippen molar-refractivity contribution in [3.63, 3.8) is 0 Å². The van der Waals surface area contributed by atoms with Gasteiger partial charge in [-0.05, 0) is 18.9 Å². The maximum absolute atomic E-state index is 5.66. The largest absolute Gasteiger partial charge is 0.354 e. The first-order valence-corrected chi connectivity index (χ1v) is 7.07. The van der Waals surface area contributed by atoms with Gasteiger partial charge in [0.15, 0.2) is 0 Å². The van der Waals surface area contributed by atoms with Crippen molar-refractivity contribution in [3.05, 3.63) is 18.6 Å². The average molecular weight is 267 g/mol. The molecule has 0 aliphatic carbocycles. The van der Waals surface area contributed by atoms with Crippen molar-refractivity contribution in [1.29, 1.82) is 0 Å². The summed E-state index contributed by atoms with van der Waals surface area (Å²) in [4.78, 5) is 14.2. The number of piperidine rings is 1. The monoisotopic (exact) mass is 267 g/mol. The summed E-state index contributed by atoms with van der Waals surface area (Å²) >= 11 is 0. The molecule has 2 aromatic rings. The van der Waals surface area contributed by atoms with Gasteiger partial charge < -0.3 is 15.2 Å². The number of fused-ring (bicyclic) bond motifs is 1. The first kappa shape index (κ1) is 11.7. The van der Waals surface area contributed by atoms with Gasteiger partial charge in [0.2, 0.25) is 0 Å². The van der Waals surface area contributed by atoms with E-state index in [4.69, 9.17) is 6.42 Å². The van der Waals surface area contributed by atoms with Crippen LogP contribution in [0.3, 0.4) is 0 Å². The lowest BCUT2D eigenvalue weighted by Gasteiger charge is -2.53. The van der Waals surface area contributed by atoms with Gasteiger partial charge in [-0.2, -0.15) is 0 Å². The van der Waals surface area contributed by atoms with Gasteiger partial charge in [0.25, 0.3) is 0 Å². The van der Waals surface area contributed by atoms with Crippen LogP contribution in [0.25, 0.3) is 11.0 Å². The topological polar surface area (TPSA) is 56.8 Å². The van der Waals surface area contributed by atoms with Gasteiger partial charge in [-0.15, -0.1) is 6.42 Å². The van der Waals surface area contributed by atoms with Gasteiger partial charge in [-0.3, -0.25) is 0 Å². The summed E-state index contributed by atoms with van der Waals surface area (Å²) in [5.41, 5.74) is 0.977. The number of H-pyrrole nitrogens is 1. The fraction of sp³-hybridized carbons (Fsp3) is 0.467. The number of aromatic nitrogens is 3. The van der Waals surface area contributed by atoms with E-state index < -0.39 is 0 Å². The zero-order valence-corrected chi connectivity index (χ0v) is 11.3. The number of terminal acetylenes is 1. The number of rotatable bonds is 1. The zero-order chi connectivity index (χ0) is 13.6. The highest BCUT2D eigenvalue weighted by atomic mass is 15.3. The summed E-state index contributed by atoms with van der Waals surface area (Å²) in [5, 5.41) is 4.65. The fourth-order valence-electron chi connectivity index (χ4n) is 3.52. The highest BCUT2D eigenvalue weighted by molar-refractivity contribution is 5.87. The standard InChI is InChI=1S/C15H17N5/c1-2-11-8-19-15(11)5-3-7-20(9-15)14-12-4-6-16-13(12)17-10-18-14/h1,4,6,10-11,19H,3,5,7-9H2,(H,16,17,18)/t11-,15-/m0/s1. The van der Waals surface area contributed by atoms with Crippen LogP contribution in [0.5, 0.6) is 0 Å². The minimum absolute atomic E-state index is 0.0839. The highest BCUT2D eigenvalue weighted by Crippen LogP contribution is 2.37. The Morgan fingerprint density at radius 1 is 1.45 bits per heavy atom. The molecule has 1 spiro atoms. The maximum atomic E-state index is 5.66. The van der Waals surface area contributed by atoms with Crippen LogP contribution in [-0.4, -0.2) is 40.1 Å². The molecule has 5 nitrogen and oxygen atoms in total. The molecule has 0 amide bonds. The van der Waals surface area contributed by atoms with Crippen LogP contribution < -0.4 is 10.2 Å². The Hall–Kier alpha value is -2.06. The molecule has 0 aromatic carbocycles. The van der Waals surface area contributed by atoms with Gasteiger partial charge in [-0.1, -0.05) is 5.92 Å². The molecule has 2 aliphatic heterocycles. The maximum Gasteiger partial charge on any atom is 0.142 e. The molecular weight excluding hydrogens is 250 g/mol. The lowest BCUT2D eigenvalue weighted by atomic mass is 9.71. The number of anilines is 1. The Kier molecular flexibility index (Phi) is 2.48. The molecule has 2 saturated heterocycles. The molecule has 2 N–H and O–H groups in total. The number of nitrogens with one attached hydrogen (secondary N) is 2. The van der Waals surface area contributed by atoms with Gasteiger partial charge in [0.05, 0.1) is 16.8 Å². The molecule has 4 heterocycles. The second-order valence-corrected chi connectivity index (χ2v) is 5.72. The third kappa shape index (κ3) is 1.55. The molecule has 2 aliphatic rings. The average Bonchev–Trinajstić information content (AvgIpc) is 2.95. The van der Waals surface area contributed by atoms with Crippen LogP contribution >= 0.6 is 0 Å². The van der Waals surface area contributed by atoms with Gasteiger partial charge in [0.1, 0.15) is 17.8 Å². The molecule has 2 aromatic heterocycles. The predicted molar refractivity (Wildman–Crippen MR) is 78.4 cm³/mol. The van der Waals surface area contributed by atoms with E-state index >= 15 is 0 Å². The predicted octanol–water partition coefficient (Wildman–Crippen LogP) is 1.15. The molecule has 2 atom stereocenters. The number of hydrogen-bond donors (Lipinski definition) is 2. The van der Waals surface area contributed by atoms with Crippen molar-refractivity contribution in [2.24, 2.45) is 5.92 Å². The van der Waals surface area contributed by atoms with Crippen LogP contribution in [0.15, 0.2) is 18.6 Å². The number of nitrogens with zero attached hydrogens (tertiary/aromatic N) is 3. The number of aromatic amines is 1. The Labute approximate surface area is 117 Å². The minimum atomic E-state index is 0.0839. The zero-order valence-electron chi connectivity index (χ0n) is 11.3. The second-order valence-electron chi connectivity index (χ2n) is 5.72. The van der Waals surface area contributed by atoms with Crippen LogP contribution in [-0.2, 0) is 0 Å². The Balaban J connectivity index is 1.69. The van der Waals surface area contributed by atoms with Crippen molar-refractivity contribution in [3.8, 4) is 12.3 Å². The molecule has 0 saturated carbocycles. The van der Waals surface area contributed by atoms with Crippen molar-refractivity contribution in [1.82, 2.24) is 20.3 Å². The lowest BCUT2D eigenvalue weighted by Crippen LogP contribution is -2.71. The van der Waals surface area contributed by atoms with Gasteiger partial charge in [0, 0.05) is 25.8 Å². The minimum Gasteiger partial charge on any atom is -0.354 e. The quantitative estimate of drug-likeness (QED) is 0.761. The molecule has 0 bridgehead atoms. The third-order valence-electron chi connectivity index (χ3n) is 4.68. The van der Waals surface area contributed by atoms with E-state index in [1.807, 2.05) is 12.3 Å². The van der Waals surface area contributed by atoms with E-state index in [0.29, 0.717) is 5.92 Å². The fourth-order valence-corrected chi connectivity index (χ4v) is 3.52. The SMILES string of the molecule is C#C[C@H]1CN[C@]12CCCN(c1ncnc3[nH]ccc13)C2. The van der Waals surface area contributed by atoms with E-state index in [-0.39, 0.29) is 5.54 Å². The summed E-state index contributed by atoms with van der Waals surface area (Å²) in [7, 11) is 0. The van der Waals surface area contributed by atoms with Crippen LogP contribution in [0.1, 0.15) is 12.8 Å². The molecule has 102 valence electrons. The number of hydrogen-bond acceptors (Lipinski definition) is 4. The molecule has 20 heavy (non-hydrogen) atoms. The van der Waals surface area contributed by atoms with Crippen molar-refractivity contribution < 1.29 is 0 Å². The van der Waals surface area contributed by atoms with Gasteiger partial charge in [-0.25, -0.2) is 9.97 Å². The first-order valence-electron chi connectivity index (χ1n) is 7.07. The summed E-state index contributed by atoms with van der Waals surface area (Å²) in [6.07, 6.45) is 11.5. The van der Waals surface area contributed by atoms with E-state index in [1.54, 1.807) is 6.33 Å². The van der Waals surface area contributed by atoms with Gasteiger partial charge >= 0.3 is 0 Å². The summed E-state index contributed by atoms with van der Waals surface area (Å²) in [6.45, 7) is 2.89. The van der Waals surface area contributed by atoms with Crippen molar-refractivity contribution >= 4 is 16.9 Å². The molecular formula is C15H17N5. The van der Waals surface area contributed by atoms with Crippen molar-refractivity contribution in [2.45, 2.75) is 18.4 Å². The summed E-state index contributed by atoms with van der Waals surface area (Å²) in [6, 6.07) is 2.04.